The zero-order valence-electron chi connectivity index (χ0n) is 10.2. The summed E-state index contributed by atoms with van der Waals surface area (Å²) in [7, 11) is 3.43. The Morgan fingerprint density at radius 3 is 3.00 bits per heavy atom. The third-order valence-corrected chi connectivity index (χ3v) is 2.46. The molecule has 0 aliphatic heterocycles. The fourth-order valence-corrected chi connectivity index (χ4v) is 1.60. The molecule has 2 aromatic heterocycles. The average Bonchev–Trinajstić information content (AvgIpc) is 2.92. The first kappa shape index (κ1) is 11.7. The summed E-state index contributed by atoms with van der Waals surface area (Å²) in [5, 5.41) is 7.53. The SMILES string of the molecule is CCNCc1ncoc1-c1cc(OC)n(C)n1. The quantitative estimate of drug-likeness (QED) is 0.844. The Bertz CT molecular complexity index is 489. The summed E-state index contributed by atoms with van der Waals surface area (Å²) in [5.74, 6) is 1.37. The largest absolute Gasteiger partial charge is 0.481 e. The summed E-state index contributed by atoms with van der Waals surface area (Å²) in [5.41, 5.74) is 1.59. The van der Waals surface area contributed by atoms with Crippen LogP contribution in [0.3, 0.4) is 0 Å². The Morgan fingerprint density at radius 2 is 2.35 bits per heavy atom. The van der Waals surface area contributed by atoms with E-state index >= 15 is 0 Å². The topological polar surface area (TPSA) is 65.1 Å². The molecule has 0 fully saturated rings. The minimum absolute atomic E-state index is 0.668. The van der Waals surface area contributed by atoms with Gasteiger partial charge < -0.3 is 14.5 Å². The maximum absolute atomic E-state index is 5.38. The van der Waals surface area contributed by atoms with Crippen LogP contribution in [0.25, 0.3) is 11.5 Å². The molecule has 92 valence electrons. The van der Waals surface area contributed by atoms with Crippen LogP contribution < -0.4 is 10.1 Å². The third kappa shape index (κ3) is 2.31. The Labute approximate surface area is 99.6 Å². The van der Waals surface area contributed by atoms with E-state index in [-0.39, 0.29) is 0 Å². The van der Waals surface area contributed by atoms with Gasteiger partial charge in [-0.05, 0) is 6.54 Å². The molecule has 6 heteroatoms. The molecule has 0 aliphatic carbocycles. The van der Waals surface area contributed by atoms with E-state index in [4.69, 9.17) is 9.15 Å². The summed E-state index contributed by atoms with van der Waals surface area (Å²) in [4.78, 5) is 4.18. The van der Waals surface area contributed by atoms with E-state index in [9.17, 15) is 0 Å². The third-order valence-electron chi connectivity index (χ3n) is 2.46. The zero-order valence-corrected chi connectivity index (χ0v) is 10.2. The van der Waals surface area contributed by atoms with E-state index < -0.39 is 0 Å². The monoisotopic (exact) mass is 236 g/mol. The van der Waals surface area contributed by atoms with Gasteiger partial charge in [-0.1, -0.05) is 6.92 Å². The molecule has 6 nitrogen and oxygen atoms in total. The molecular weight excluding hydrogens is 220 g/mol. The van der Waals surface area contributed by atoms with Crippen molar-refractivity contribution in [2.24, 2.45) is 7.05 Å². The van der Waals surface area contributed by atoms with Crippen LogP contribution in [0, 0.1) is 0 Å². The van der Waals surface area contributed by atoms with Gasteiger partial charge in [0, 0.05) is 19.7 Å². The predicted octanol–water partition coefficient (Wildman–Crippen LogP) is 1.19. The molecule has 0 aliphatic rings. The molecule has 0 aromatic carbocycles. The fourth-order valence-electron chi connectivity index (χ4n) is 1.60. The first-order valence-electron chi connectivity index (χ1n) is 5.47. The Kier molecular flexibility index (Phi) is 3.43. The number of oxazole rings is 1. The van der Waals surface area contributed by atoms with E-state index in [1.807, 2.05) is 20.0 Å². The smallest absolute Gasteiger partial charge is 0.211 e. The van der Waals surface area contributed by atoms with Crippen LogP contribution in [0.15, 0.2) is 16.9 Å². The van der Waals surface area contributed by atoms with Crippen molar-refractivity contribution in [3.8, 4) is 17.3 Å². The summed E-state index contributed by atoms with van der Waals surface area (Å²) >= 11 is 0. The average molecular weight is 236 g/mol. The van der Waals surface area contributed by atoms with Gasteiger partial charge in [0.1, 0.15) is 11.4 Å². The van der Waals surface area contributed by atoms with Crippen LogP contribution in [0.1, 0.15) is 12.6 Å². The lowest BCUT2D eigenvalue weighted by molar-refractivity contribution is 0.373. The maximum Gasteiger partial charge on any atom is 0.211 e. The van der Waals surface area contributed by atoms with Crippen LogP contribution in [-0.4, -0.2) is 28.4 Å². The molecular formula is C11H16N4O2. The van der Waals surface area contributed by atoms with Crippen LogP contribution in [0.5, 0.6) is 5.88 Å². The summed E-state index contributed by atoms with van der Waals surface area (Å²) in [6.07, 6.45) is 1.43. The van der Waals surface area contributed by atoms with Gasteiger partial charge in [0.05, 0.1) is 7.11 Å². The van der Waals surface area contributed by atoms with Gasteiger partial charge in [0.25, 0.3) is 0 Å². The van der Waals surface area contributed by atoms with Gasteiger partial charge in [-0.2, -0.15) is 5.10 Å². The van der Waals surface area contributed by atoms with Gasteiger partial charge in [-0.25, -0.2) is 9.67 Å². The highest BCUT2D eigenvalue weighted by molar-refractivity contribution is 5.56. The number of nitrogens with one attached hydrogen (secondary N) is 1. The maximum atomic E-state index is 5.38. The molecule has 0 radical (unpaired) electrons. The first-order chi connectivity index (χ1) is 8.26. The number of aromatic nitrogens is 3. The van der Waals surface area contributed by atoms with Crippen molar-refractivity contribution >= 4 is 0 Å². The highest BCUT2D eigenvalue weighted by Crippen LogP contribution is 2.25. The van der Waals surface area contributed by atoms with Crippen LogP contribution in [0.4, 0.5) is 0 Å². The van der Waals surface area contributed by atoms with Crippen molar-refractivity contribution < 1.29 is 9.15 Å². The zero-order chi connectivity index (χ0) is 12.3. The predicted molar refractivity (Wildman–Crippen MR) is 62.6 cm³/mol. The number of hydrogen-bond donors (Lipinski definition) is 1. The summed E-state index contributed by atoms with van der Waals surface area (Å²) in [6.45, 7) is 3.60. The second-order valence-electron chi connectivity index (χ2n) is 3.60. The highest BCUT2D eigenvalue weighted by atomic mass is 16.5. The molecule has 2 heterocycles. The van der Waals surface area contributed by atoms with E-state index in [1.165, 1.54) is 6.39 Å². The van der Waals surface area contributed by atoms with Crippen LogP contribution in [-0.2, 0) is 13.6 Å². The number of ether oxygens (including phenoxy) is 1. The van der Waals surface area contributed by atoms with Gasteiger partial charge in [-0.3, -0.25) is 0 Å². The number of methoxy groups -OCH3 is 1. The molecule has 0 saturated heterocycles. The van der Waals surface area contributed by atoms with E-state index in [0.29, 0.717) is 18.2 Å². The molecule has 0 atom stereocenters. The molecule has 0 bridgehead atoms. The van der Waals surface area contributed by atoms with Gasteiger partial charge in [0.15, 0.2) is 12.2 Å². The van der Waals surface area contributed by atoms with Crippen molar-refractivity contribution in [3.05, 3.63) is 18.2 Å². The fraction of sp³-hybridized carbons (Fsp3) is 0.455. The number of hydrogen-bond acceptors (Lipinski definition) is 5. The number of rotatable bonds is 5. The molecule has 0 spiro atoms. The van der Waals surface area contributed by atoms with Crippen molar-refractivity contribution in [1.29, 1.82) is 0 Å². The van der Waals surface area contributed by atoms with Crippen molar-refractivity contribution in [3.63, 3.8) is 0 Å². The number of aryl methyl sites for hydroxylation is 1. The van der Waals surface area contributed by atoms with Crippen molar-refractivity contribution in [2.75, 3.05) is 13.7 Å². The Balaban J connectivity index is 2.29. The normalized spacial score (nSPS) is 10.8. The van der Waals surface area contributed by atoms with E-state index in [2.05, 4.69) is 15.4 Å². The van der Waals surface area contributed by atoms with Gasteiger partial charge in [-0.15, -0.1) is 0 Å². The summed E-state index contributed by atoms with van der Waals surface area (Å²) < 4.78 is 12.2. The van der Waals surface area contributed by atoms with Crippen LogP contribution >= 0.6 is 0 Å². The standard InChI is InChI=1S/C11H16N4O2/c1-4-12-6-9-11(17-7-13-9)8-5-10(16-3)15(2)14-8/h5,7,12H,4,6H2,1-3H3. The lowest BCUT2D eigenvalue weighted by atomic mass is 10.2. The molecule has 0 saturated carbocycles. The molecule has 2 aromatic rings. The van der Waals surface area contributed by atoms with E-state index in [0.717, 1.165) is 17.9 Å². The highest BCUT2D eigenvalue weighted by Gasteiger charge is 2.15. The van der Waals surface area contributed by atoms with E-state index in [1.54, 1.807) is 11.8 Å². The molecule has 0 amide bonds. The molecule has 17 heavy (non-hydrogen) atoms. The number of nitrogens with zero attached hydrogens (tertiary/aromatic N) is 3. The van der Waals surface area contributed by atoms with Crippen molar-refractivity contribution in [2.45, 2.75) is 13.5 Å². The lowest BCUT2D eigenvalue weighted by Gasteiger charge is -1.98. The second-order valence-corrected chi connectivity index (χ2v) is 3.60. The minimum Gasteiger partial charge on any atom is -0.481 e. The second kappa shape index (κ2) is 5.01. The van der Waals surface area contributed by atoms with Gasteiger partial charge in [0.2, 0.25) is 5.88 Å². The van der Waals surface area contributed by atoms with Crippen molar-refractivity contribution in [1.82, 2.24) is 20.1 Å². The minimum atomic E-state index is 0.668. The van der Waals surface area contributed by atoms with Crippen LogP contribution in [0.2, 0.25) is 0 Å². The Hall–Kier alpha value is -1.82. The molecule has 0 unspecified atom stereocenters. The summed E-state index contributed by atoms with van der Waals surface area (Å²) in [6, 6.07) is 1.83. The lowest BCUT2D eigenvalue weighted by Crippen LogP contribution is -2.12. The molecule has 2 rings (SSSR count). The van der Waals surface area contributed by atoms with Gasteiger partial charge >= 0.3 is 0 Å². The first-order valence-corrected chi connectivity index (χ1v) is 5.47. The molecule has 1 N–H and O–H groups in total. The Morgan fingerprint density at radius 1 is 1.53 bits per heavy atom.